The molecule has 0 fully saturated rings. The number of aromatic amines is 1. The number of rotatable bonds is 8. The van der Waals surface area contributed by atoms with Crippen molar-refractivity contribution in [1.82, 2.24) is 15.3 Å². The first-order chi connectivity index (χ1) is 13.6. The van der Waals surface area contributed by atoms with Gasteiger partial charge in [0.2, 0.25) is 0 Å². The van der Waals surface area contributed by atoms with Gasteiger partial charge in [-0.1, -0.05) is 54.6 Å². The van der Waals surface area contributed by atoms with Crippen LogP contribution in [0, 0.1) is 0 Å². The average molecular weight is 381 g/mol. The van der Waals surface area contributed by atoms with Crippen molar-refractivity contribution >= 4 is 6.09 Å². The van der Waals surface area contributed by atoms with Crippen LogP contribution in [-0.2, 0) is 11.3 Å². The number of hydrogen-bond acceptors (Lipinski definition) is 5. The van der Waals surface area contributed by atoms with E-state index in [-0.39, 0.29) is 19.6 Å². The summed E-state index contributed by atoms with van der Waals surface area (Å²) in [6.07, 6.45) is 0.895. The Morgan fingerprint density at radius 3 is 2.54 bits per heavy atom. The predicted molar refractivity (Wildman–Crippen MR) is 104 cm³/mol. The first kappa shape index (κ1) is 19.6. The summed E-state index contributed by atoms with van der Waals surface area (Å²) in [5.41, 5.74) is 3.31. The third kappa shape index (κ3) is 5.42. The van der Waals surface area contributed by atoms with Crippen LogP contribution in [0.15, 0.2) is 67.1 Å². The SMILES string of the molecule is O=C(NCCC(O)C(O)c1ccc(-c2cnc[nH]2)cc1)OCc1ccccc1. The van der Waals surface area contributed by atoms with E-state index in [4.69, 9.17) is 4.74 Å². The highest BCUT2D eigenvalue weighted by molar-refractivity contribution is 5.67. The van der Waals surface area contributed by atoms with E-state index >= 15 is 0 Å². The number of nitrogens with zero attached hydrogens (tertiary/aromatic N) is 1. The number of alkyl carbamates (subject to hydrolysis) is 1. The van der Waals surface area contributed by atoms with Gasteiger partial charge in [-0.25, -0.2) is 9.78 Å². The number of amides is 1. The van der Waals surface area contributed by atoms with Gasteiger partial charge in [0.15, 0.2) is 0 Å². The summed E-state index contributed by atoms with van der Waals surface area (Å²) in [6.45, 7) is 0.374. The number of aliphatic hydroxyl groups excluding tert-OH is 2. The van der Waals surface area contributed by atoms with Crippen LogP contribution >= 0.6 is 0 Å². The van der Waals surface area contributed by atoms with Gasteiger partial charge < -0.3 is 25.3 Å². The Bertz CT molecular complexity index is 851. The lowest BCUT2D eigenvalue weighted by Gasteiger charge is -2.18. The molecule has 7 heteroatoms. The van der Waals surface area contributed by atoms with Gasteiger partial charge in [-0.05, 0) is 23.1 Å². The zero-order chi connectivity index (χ0) is 19.8. The third-order valence-electron chi connectivity index (χ3n) is 4.35. The highest BCUT2D eigenvalue weighted by Gasteiger charge is 2.18. The lowest BCUT2D eigenvalue weighted by molar-refractivity contribution is 0.0136. The quantitative estimate of drug-likeness (QED) is 0.480. The maximum Gasteiger partial charge on any atom is 0.407 e. The number of nitrogens with one attached hydrogen (secondary N) is 2. The first-order valence-corrected chi connectivity index (χ1v) is 9.03. The fourth-order valence-electron chi connectivity index (χ4n) is 2.75. The molecule has 1 amide bonds. The van der Waals surface area contributed by atoms with Gasteiger partial charge in [-0.3, -0.25) is 0 Å². The monoisotopic (exact) mass is 381 g/mol. The Kier molecular flexibility index (Phi) is 6.78. The molecule has 1 aromatic heterocycles. The fraction of sp³-hybridized carbons (Fsp3) is 0.238. The van der Waals surface area contributed by atoms with Crippen LogP contribution in [0.2, 0.25) is 0 Å². The van der Waals surface area contributed by atoms with Gasteiger partial charge in [0.05, 0.1) is 24.3 Å². The van der Waals surface area contributed by atoms with Gasteiger partial charge in [-0.15, -0.1) is 0 Å². The predicted octanol–water partition coefficient (Wildman–Crippen LogP) is 2.79. The molecular weight excluding hydrogens is 358 g/mol. The molecule has 7 nitrogen and oxygen atoms in total. The zero-order valence-electron chi connectivity index (χ0n) is 15.3. The normalized spacial score (nSPS) is 12.9. The van der Waals surface area contributed by atoms with E-state index in [2.05, 4.69) is 15.3 Å². The molecular formula is C21H23N3O4. The molecule has 0 aliphatic carbocycles. The number of benzene rings is 2. The number of aliphatic hydroxyl groups is 2. The van der Waals surface area contributed by atoms with E-state index in [1.807, 2.05) is 42.5 Å². The van der Waals surface area contributed by atoms with Crippen molar-refractivity contribution in [2.24, 2.45) is 0 Å². The molecule has 146 valence electrons. The molecule has 2 aromatic carbocycles. The number of H-pyrrole nitrogens is 1. The van der Waals surface area contributed by atoms with Gasteiger partial charge in [-0.2, -0.15) is 0 Å². The summed E-state index contributed by atoms with van der Waals surface area (Å²) >= 11 is 0. The second-order valence-corrected chi connectivity index (χ2v) is 6.38. The summed E-state index contributed by atoms with van der Waals surface area (Å²) in [6, 6.07) is 16.6. The summed E-state index contributed by atoms with van der Waals surface area (Å²) in [5.74, 6) is 0. The Morgan fingerprint density at radius 2 is 1.86 bits per heavy atom. The van der Waals surface area contributed by atoms with E-state index in [9.17, 15) is 15.0 Å². The van der Waals surface area contributed by atoms with Crippen molar-refractivity contribution in [3.8, 4) is 11.3 Å². The van der Waals surface area contributed by atoms with Crippen molar-refractivity contribution in [3.63, 3.8) is 0 Å². The summed E-state index contributed by atoms with van der Waals surface area (Å²) in [7, 11) is 0. The van der Waals surface area contributed by atoms with E-state index in [1.54, 1.807) is 24.7 Å². The van der Waals surface area contributed by atoms with Gasteiger partial charge in [0, 0.05) is 6.54 Å². The van der Waals surface area contributed by atoms with E-state index in [1.165, 1.54) is 0 Å². The zero-order valence-corrected chi connectivity index (χ0v) is 15.3. The maximum absolute atomic E-state index is 11.7. The van der Waals surface area contributed by atoms with Crippen LogP contribution < -0.4 is 5.32 Å². The minimum absolute atomic E-state index is 0.181. The van der Waals surface area contributed by atoms with Crippen LogP contribution in [0.25, 0.3) is 11.3 Å². The van der Waals surface area contributed by atoms with Gasteiger partial charge >= 0.3 is 6.09 Å². The molecule has 1 heterocycles. The van der Waals surface area contributed by atoms with Crippen molar-refractivity contribution in [2.45, 2.75) is 25.2 Å². The van der Waals surface area contributed by atoms with Gasteiger partial charge in [0.1, 0.15) is 12.7 Å². The van der Waals surface area contributed by atoms with Crippen molar-refractivity contribution in [1.29, 1.82) is 0 Å². The van der Waals surface area contributed by atoms with Crippen molar-refractivity contribution < 1.29 is 19.7 Å². The molecule has 4 N–H and O–H groups in total. The van der Waals surface area contributed by atoms with Crippen LogP contribution in [0.3, 0.4) is 0 Å². The van der Waals surface area contributed by atoms with E-state index in [0.717, 1.165) is 16.8 Å². The number of hydrogen-bond donors (Lipinski definition) is 4. The largest absolute Gasteiger partial charge is 0.445 e. The molecule has 28 heavy (non-hydrogen) atoms. The van der Waals surface area contributed by atoms with Crippen molar-refractivity contribution in [3.05, 3.63) is 78.2 Å². The first-order valence-electron chi connectivity index (χ1n) is 9.03. The average Bonchev–Trinajstić information content (AvgIpc) is 3.27. The van der Waals surface area contributed by atoms with E-state index in [0.29, 0.717) is 5.56 Å². The van der Waals surface area contributed by atoms with Crippen LogP contribution in [-0.4, -0.2) is 38.9 Å². The molecule has 0 radical (unpaired) electrons. The molecule has 2 unspecified atom stereocenters. The molecule has 0 aliphatic heterocycles. The fourth-order valence-corrected chi connectivity index (χ4v) is 2.75. The van der Waals surface area contributed by atoms with Crippen LogP contribution in [0.4, 0.5) is 4.79 Å². The third-order valence-corrected chi connectivity index (χ3v) is 4.35. The maximum atomic E-state index is 11.7. The van der Waals surface area contributed by atoms with Crippen LogP contribution in [0.5, 0.6) is 0 Å². The number of carbonyl (C=O) groups excluding carboxylic acids is 1. The molecule has 0 saturated heterocycles. The summed E-state index contributed by atoms with van der Waals surface area (Å²) < 4.78 is 5.10. The standard InChI is InChI=1S/C21H23N3O4/c25-19(10-11-23-21(27)28-13-15-4-2-1-3-5-15)20(26)17-8-6-16(7-9-17)18-12-22-14-24-18/h1-9,12,14,19-20,25-26H,10-11,13H2,(H,22,24)(H,23,27). The Balaban J connectivity index is 1.41. The number of ether oxygens (including phenoxy) is 1. The van der Waals surface area contributed by atoms with Crippen LogP contribution in [0.1, 0.15) is 23.7 Å². The number of imidazole rings is 1. The Hall–Kier alpha value is -3.16. The molecule has 0 aliphatic rings. The highest BCUT2D eigenvalue weighted by Crippen LogP contribution is 2.22. The minimum Gasteiger partial charge on any atom is -0.445 e. The Labute approximate surface area is 163 Å². The van der Waals surface area contributed by atoms with Gasteiger partial charge in [0.25, 0.3) is 0 Å². The number of aromatic nitrogens is 2. The summed E-state index contributed by atoms with van der Waals surface area (Å²) in [5, 5.41) is 23.1. The summed E-state index contributed by atoms with van der Waals surface area (Å²) in [4.78, 5) is 18.7. The molecule has 3 aromatic rings. The molecule has 3 rings (SSSR count). The molecule has 0 bridgehead atoms. The second-order valence-electron chi connectivity index (χ2n) is 6.38. The number of carbonyl (C=O) groups is 1. The minimum atomic E-state index is -1.04. The lowest BCUT2D eigenvalue weighted by atomic mass is 10.0. The molecule has 2 atom stereocenters. The smallest absolute Gasteiger partial charge is 0.407 e. The topological polar surface area (TPSA) is 107 Å². The van der Waals surface area contributed by atoms with Crippen molar-refractivity contribution in [2.75, 3.05) is 6.54 Å². The van der Waals surface area contributed by atoms with E-state index < -0.39 is 18.3 Å². The second kappa shape index (κ2) is 9.68. The molecule has 0 spiro atoms. The highest BCUT2D eigenvalue weighted by atomic mass is 16.5. The Morgan fingerprint density at radius 1 is 1.11 bits per heavy atom. The lowest BCUT2D eigenvalue weighted by Crippen LogP contribution is -2.29. The molecule has 0 saturated carbocycles.